The number of hydrogen-bond acceptors (Lipinski definition) is 16. The van der Waals surface area contributed by atoms with Gasteiger partial charge in [0.05, 0.1) is 33.5 Å². The number of allylic oxidation sites excluding steroid dienone is 1. The Labute approximate surface area is 493 Å². The maximum atomic E-state index is 14.0. The van der Waals surface area contributed by atoms with Crippen molar-refractivity contribution in [3.8, 4) is 11.5 Å². The molecule has 0 spiro atoms. The molecule has 5 amide bonds. The molecule has 2 fully saturated rings. The Balaban J connectivity index is 0.695. The highest BCUT2D eigenvalue weighted by Crippen LogP contribution is 2.43. The van der Waals surface area contributed by atoms with E-state index in [9.17, 15) is 37.3 Å². The number of sulfonamides is 1. The lowest BCUT2D eigenvalue weighted by molar-refractivity contribution is -0.136. The molecule has 2 atom stereocenters. The number of amides is 5. The second kappa shape index (κ2) is 26.3. The number of anilines is 3. The predicted octanol–water partition coefficient (Wildman–Crippen LogP) is 10.4. The van der Waals surface area contributed by atoms with Gasteiger partial charge >= 0.3 is 0 Å². The highest BCUT2D eigenvalue weighted by Gasteiger charge is 2.45. The van der Waals surface area contributed by atoms with E-state index in [4.69, 9.17) is 16.3 Å². The first kappa shape index (κ1) is 59.2. The first-order valence-electron chi connectivity index (χ1n) is 28.8. The number of nitrogens with one attached hydrogen (secondary N) is 7. The van der Waals surface area contributed by atoms with Crippen molar-refractivity contribution in [2.45, 2.75) is 95.4 Å². The maximum absolute atomic E-state index is 14.0. The number of pyridine rings is 1. The fourth-order valence-electron chi connectivity index (χ4n) is 11.6. The number of rotatable bonds is 25. The van der Waals surface area contributed by atoms with Gasteiger partial charge in [0, 0.05) is 79.7 Å². The number of fused-ring (bicyclic) bond motifs is 2. The van der Waals surface area contributed by atoms with E-state index in [1.54, 1.807) is 42.6 Å². The summed E-state index contributed by atoms with van der Waals surface area (Å²) < 4.78 is 36.2. The summed E-state index contributed by atoms with van der Waals surface area (Å²) in [7, 11) is -4.51. The summed E-state index contributed by atoms with van der Waals surface area (Å²) in [6.07, 6.45) is 12.2. The summed E-state index contributed by atoms with van der Waals surface area (Å²) in [5.74, 6) is -2.39. The zero-order valence-electron chi connectivity index (χ0n) is 47.2. The van der Waals surface area contributed by atoms with E-state index >= 15 is 0 Å². The van der Waals surface area contributed by atoms with Gasteiger partial charge in [0.25, 0.3) is 27.7 Å². The number of benzene rings is 4. The topological polar surface area (TPSA) is 265 Å². The van der Waals surface area contributed by atoms with Crippen molar-refractivity contribution in [2.75, 3.05) is 68.3 Å². The highest BCUT2D eigenvalue weighted by molar-refractivity contribution is 7.90. The zero-order valence-corrected chi connectivity index (χ0v) is 48.7. The minimum atomic E-state index is -4.51. The fourth-order valence-corrected chi connectivity index (χ4v) is 12.8. The van der Waals surface area contributed by atoms with Crippen LogP contribution < -0.4 is 36.0 Å². The Hall–Kier alpha value is -7.98. The van der Waals surface area contributed by atoms with Gasteiger partial charge in [-0.1, -0.05) is 62.1 Å². The molecule has 2 aromatic heterocycles. The van der Waals surface area contributed by atoms with Crippen LogP contribution in [0.5, 0.6) is 11.5 Å². The number of H-pyrrole nitrogens is 1. The summed E-state index contributed by atoms with van der Waals surface area (Å²) in [5.41, 5.74) is 6.67. The summed E-state index contributed by atoms with van der Waals surface area (Å²) >= 11 is 6.22. The van der Waals surface area contributed by atoms with E-state index in [-0.39, 0.29) is 57.2 Å². The highest BCUT2D eigenvalue weighted by atomic mass is 35.5. The summed E-state index contributed by atoms with van der Waals surface area (Å²) in [6.45, 7) is 10.4. The van der Waals surface area contributed by atoms with Gasteiger partial charge in [0.2, 0.25) is 11.8 Å². The third-order valence-corrected chi connectivity index (χ3v) is 17.7. The van der Waals surface area contributed by atoms with Crippen LogP contribution in [-0.4, -0.2) is 116 Å². The molecule has 1 aliphatic carbocycles. The van der Waals surface area contributed by atoms with Gasteiger partial charge < -0.3 is 35.9 Å². The van der Waals surface area contributed by atoms with Crippen LogP contribution >= 0.6 is 11.6 Å². The number of aromatic amines is 1. The maximum Gasteiger partial charge on any atom is 0.268 e. The predicted molar refractivity (Wildman–Crippen MR) is 324 cm³/mol. The first-order chi connectivity index (χ1) is 40.5. The van der Waals surface area contributed by atoms with Crippen LogP contribution in [0.4, 0.5) is 22.7 Å². The molecule has 22 heteroatoms. The number of ether oxygens (including phenoxy) is 1. The SMILES string of the molecule is CC1(C)CCC(CNCCNc2ccc(C(=O)NS(=O)(=O)c3ccc(NCC4CCCN(CCCCCCNc5cccc6c5C(=O)N(C5CCC(=O)NC5=O)C6=O)C4)c(N=O)c3)c(Oc3cnc4[nH]ccc4c3)c2)=C(c2ccc(Cl)cc2)C1. The van der Waals surface area contributed by atoms with Crippen molar-refractivity contribution in [1.82, 2.24) is 35.1 Å². The van der Waals surface area contributed by atoms with Crippen LogP contribution in [0, 0.1) is 16.2 Å². The molecule has 4 aromatic carbocycles. The van der Waals surface area contributed by atoms with Crippen LogP contribution in [0.2, 0.25) is 5.02 Å². The molecule has 440 valence electrons. The molecule has 4 aliphatic rings. The molecule has 0 saturated carbocycles. The average Bonchev–Trinajstić information content (AvgIpc) is 2.60. The van der Waals surface area contributed by atoms with Crippen LogP contribution in [0.15, 0.2) is 119 Å². The second-order valence-corrected chi connectivity index (χ2v) is 25.0. The third-order valence-electron chi connectivity index (χ3n) is 16.2. The molecule has 5 heterocycles. The van der Waals surface area contributed by atoms with Crippen molar-refractivity contribution in [2.24, 2.45) is 16.5 Å². The number of carbonyl (C=O) groups is 5. The number of piperidine rings is 2. The Morgan fingerprint density at radius 1 is 0.869 bits per heavy atom. The Kier molecular flexibility index (Phi) is 18.5. The summed E-state index contributed by atoms with van der Waals surface area (Å²) in [4.78, 5) is 87.6. The minimum Gasteiger partial charge on any atom is -0.455 e. The zero-order chi connectivity index (χ0) is 59.0. The van der Waals surface area contributed by atoms with Gasteiger partial charge in [-0.2, -0.15) is 0 Å². The Bertz CT molecular complexity index is 3630. The van der Waals surface area contributed by atoms with E-state index < -0.39 is 45.6 Å². The molecule has 2 unspecified atom stereocenters. The quantitative estimate of drug-likeness (QED) is 0.0160. The van der Waals surface area contributed by atoms with E-state index in [2.05, 4.69) is 77.3 Å². The largest absolute Gasteiger partial charge is 0.455 e. The van der Waals surface area contributed by atoms with E-state index in [0.29, 0.717) is 59.7 Å². The molecule has 84 heavy (non-hydrogen) atoms. The lowest BCUT2D eigenvalue weighted by Gasteiger charge is -2.34. The van der Waals surface area contributed by atoms with Crippen LogP contribution in [-0.2, 0) is 19.6 Å². The van der Waals surface area contributed by atoms with Gasteiger partial charge in [-0.3, -0.25) is 34.2 Å². The molecule has 0 bridgehead atoms. The van der Waals surface area contributed by atoms with E-state index in [1.165, 1.54) is 41.1 Å². The monoisotopic (exact) mass is 1180 g/mol. The molecule has 0 radical (unpaired) electrons. The van der Waals surface area contributed by atoms with Gasteiger partial charge in [-0.25, -0.2) is 18.1 Å². The van der Waals surface area contributed by atoms with Gasteiger partial charge in [0.15, 0.2) is 0 Å². The lowest BCUT2D eigenvalue weighted by atomic mass is 9.72. The number of nitroso groups, excluding NO2 is 1. The van der Waals surface area contributed by atoms with Gasteiger partial charge in [-0.15, -0.1) is 4.91 Å². The molecule has 10 rings (SSSR count). The van der Waals surface area contributed by atoms with Crippen molar-refractivity contribution < 1.29 is 37.1 Å². The van der Waals surface area contributed by atoms with Crippen molar-refractivity contribution >= 4 is 90.5 Å². The van der Waals surface area contributed by atoms with Crippen LogP contribution in [0.25, 0.3) is 16.6 Å². The Morgan fingerprint density at radius 2 is 1.70 bits per heavy atom. The number of hydrogen-bond donors (Lipinski definition) is 7. The second-order valence-electron chi connectivity index (χ2n) is 22.8. The molecular formula is C62H70ClN11O9S. The normalized spacial score (nSPS) is 18.2. The number of halogens is 1. The number of imide groups is 2. The van der Waals surface area contributed by atoms with E-state index in [1.807, 2.05) is 18.2 Å². The van der Waals surface area contributed by atoms with Crippen LogP contribution in [0.1, 0.15) is 121 Å². The molecular weight excluding hydrogens is 1110 g/mol. The standard InChI is InChI=1S/C62H70ClN11O9S/c1-62(2)24-22-42(49(34-62)40-12-14-43(63)15-13-40)36-64-27-28-65-44-16-18-47(54(32-44)83-45-31-41-23-26-67-57(41)69-37-45)58(76)72-84(81,82)46-17-19-50(52(33-46)71-80)68-35-39-9-8-30-73(38-39)29-6-4-3-5-25-66-51-11-7-10-48-56(51)61(79)74(60(48)78)53-20-21-55(75)70-59(53)77/h7,10-19,23,26,31-33,37,39,53,64-66,68H,3-6,8-9,20-22,24-25,27-30,34-36,38H2,1-2H3,(H,67,69)(H,72,76)(H,70,75,77). The fraction of sp³-hybridized carbons (Fsp3) is 0.387. The van der Waals surface area contributed by atoms with Gasteiger partial charge in [0.1, 0.15) is 28.9 Å². The third kappa shape index (κ3) is 14.1. The number of aromatic nitrogens is 2. The lowest BCUT2D eigenvalue weighted by Crippen LogP contribution is -2.54. The Morgan fingerprint density at radius 3 is 2.52 bits per heavy atom. The van der Waals surface area contributed by atoms with Crippen molar-refractivity contribution in [1.29, 1.82) is 0 Å². The van der Waals surface area contributed by atoms with Crippen molar-refractivity contribution in [3.05, 3.63) is 141 Å². The average molecular weight is 1180 g/mol. The van der Waals surface area contributed by atoms with Gasteiger partial charge in [-0.05, 0) is 159 Å². The minimum absolute atomic E-state index is 0.0466. The molecule has 2 saturated heterocycles. The van der Waals surface area contributed by atoms with Crippen molar-refractivity contribution in [3.63, 3.8) is 0 Å². The number of likely N-dealkylation sites (tertiary alicyclic amines) is 1. The molecule has 3 aliphatic heterocycles. The number of carbonyl (C=O) groups excluding carboxylic acids is 5. The number of nitrogens with zero attached hydrogens (tertiary/aromatic N) is 4. The smallest absolute Gasteiger partial charge is 0.268 e. The molecule has 6 aromatic rings. The summed E-state index contributed by atoms with van der Waals surface area (Å²) in [6, 6.07) is 24.5. The number of unbranched alkanes of at least 4 members (excludes halogenated alkanes) is 3. The molecule has 20 nitrogen and oxygen atoms in total. The van der Waals surface area contributed by atoms with Crippen LogP contribution in [0.3, 0.4) is 0 Å². The molecule has 7 N–H and O–H groups in total. The first-order valence-corrected chi connectivity index (χ1v) is 30.6. The van der Waals surface area contributed by atoms with E-state index in [0.717, 1.165) is 100 Å². The summed E-state index contributed by atoms with van der Waals surface area (Å²) in [5, 5.41) is 20.5.